The van der Waals surface area contributed by atoms with Crippen LogP contribution in [0.5, 0.6) is 0 Å². The van der Waals surface area contributed by atoms with Crippen molar-refractivity contribution in [3.8, 4) is 0 Å². The van der Waals surface area contributed by atoms with Gasteiger partial charge < -0.3 is 21.1 Å². The topological polar surface area (TPSA) is 113 Å². The Hall–Kier alpha value is -1.63. The lowest BCUT2D eigenvalue weighted by atomic mass is 9.95. The molecule has 24 heavy (non-hydrogen) atoms. The van der Waals surface area contributed by atoms with E-state index in [1.807, 2.05) is 27.7 Å². The van der Waals surface area contributed by atoms with Crippen LogP contribution in [0.25, 0.3) is 0 Å². The number of nitrogens with zero attached hydrogens (tertiary/aromatic N) is 1. The van der Waals surface area contributed by atoms with Crippen LogP contribution in [0.4, 0.5) is 0 Å². The normalized spacial score (nSPS) is 22.5. The quantitative estimate of drug-likeness (QED) is 0.609. The van der Waals surface area contributed by atoms with Gasteiger partial charge >= 0.3 is 5.97 Å². The zero-order valence-corrected chi connectivity index (χ0v) is 15.1. The van der Waals surface area contributed by atoms with Crippen molar-refractivity contribution < 1.29 is 19.5 Å². The fourth-order valence-corrected chi connectivity index (χ4v) is 2.91. The summed E-state index contributed by atoms with van der Waals surface area (Å²) in [6, 6.07) is -2.22. The van der Waals surface area contributed by atoms with Crippen LogP contribution in [0.2, 0.25) is 0 Å². The number of hydrogen-bond acceptors (Lipinski definition) is 4. The average molecular weight is 341 g/mol. The third-order valence-electron chi connectivity index (χ3n) is 5.16. The van der Waals surface area contributed by atoms with E-state index in [1.165, 1.54) is 4.90 Å². The zero-order valence-electron chi connectivity index (χ0n) is 15.1. The fourth-order valence-electron chi connectivity index (χ4n) is 2.91. The Morgan fingerprint density at radius 3 is 2.29 bits per heavy atom. The van der Waals surface area contributed by atoms with E-state index in [0.717, 1.165) is 6.42 Å². The standard InChI is InChI=1S/C17H31N3O4/c1-5-10(3)13(18)15(21)19-14(11(4)6-2)16(22)20-9-7-8-12(20)17(23)24/h10-14H,5-9,18H2,1-4H3,(H,19,21)(H,23,24). The summed E-state index contributed by atoms with van der Waals surface area (Å²) in [5, 5.41) is 12.1. The fraction of sp³-hybridized carbons (Fsp3) is 0.824. The van der Waals surface area contributed by atoms with E-state index in [4.69, 9.17) is 5.73 Å². The molecule has 1 saturated heterocycles. The molecule has 138 valence electrons. The molecule has 7 heteroatoms. The first-order valence-corrected chi connectivity index (χ1v) is 8.83. The predicted octanol–water partition coefficient (Wildman–Crippen LogP) is 0.966. The summed E-state index contributed by atoms with van der Waals surface area (Å²) in [5.74, 6) is -1.75. The first kappa shape index (κ1) is 20.4. The van der Waals surface area contributed by atoms with Crippen molar-refractivity contribution in [2.75, 3.05) is 6.54 Å². The van der Waals surface area contributed by atoms with E-state index < -0.39 is 24.1 Å². The van der Waals surface area contributed by atoms with Gasteiger partial charge in [0.1, 0.15) is 12.1 Å². The molecule has 1 fully saturated rings. The molecule has 0 radical (unpaired) electrons. The van der Waals surface area contributed by atoms with Crippen molar-refractivity contribution in [1.29, 1.82) is 0 Å². The van der Waals surface area contributed by atoms with E-state index >= 15 is 0 Å². The third-order valence-corrected chi connectivity index (χ3v) is 5.16. The van der Waals surface area contributed by atoms with E-state index in [9.17, 15) is 19.5 Å². The van der Waals surface area contributed by atoms with E-state index in [0.29, 0.717) is 25.8 Å². The maximum atomic E-state index is 12.9. The highest BCUT2D eigenvalue weighted by Gasteiger charge is 2.39. The number of likely N-dealkylation sites (tertiary alicyclic amines) is 1. The third kappa shape index (κ3) is 4.69. The number of amides is 2. The van der Waals surface area contributed by atoms with E-state index in [-0.39, 0.29) is 23.7 Å². The summed E-state index contributed by atoms with van der Waals surface area (Å²) in [6.07, 6.45) is 2.58. The van der Waals surface area contributed by atoms with Crippen LogP contribution in [0, 0.1) is 11.8 Å². The van der Waals surface area contributed by atoms with Crippen LogP contribution in [0.15, 0.2) is 0 Å². The van der Waals surface area contributed by atoms with Crippen molar-refractivity contribution in [3.05, 3.63) is 0 Å². The monoisotopic (exact) mass is 341 g/mol. The molecule has 5 unspecified atom stereocenters. The maximum absolute atomic E-state index is 12.9. The lowest BCUT2D eigenvalue weighted by Crippen LogP contribution is -2.57. The highest BCUT2D eigenvalue weighted by molar-refractivity contribution is 5.92. The number of hydrogen-bond donors (Lipinski definition) is 3. The second-order valence-corrected chi connectivity index (χ2v) is 6.81. The maximum Gasteiger partial charge on any atom is 0.326 e. The van der Waals surface area contributed by atoms with Gasteiger partial charge in [0.25, 0.3) is 0 Å². The number of nitrogens with two attached hydrogens (primary N) is 1. The minimum atomic E-state index is -0.994. The van der Waals surface area contributed by atoms with Gasteiger partial charge in [0.15, 0.2) is 0 Å². The van der Waals surface area contributed by atoms with Gasteiger partial charge in [0.2, 0.25) is 11.8 Å². The molecule has 2 amide bonds. The van der Waals surface area contributed by atoms with Gasteiger partial charge in [-0.25, -0.2) is 4.79 Å². The Morgan fingerprint density at radius 2 is 1.79 bits per heavy atom. The van der Waals surface area contributed by atoms with Gasteiger partial charge in [-0.2, -0.15) is 0 Å². The van der Waals surface area contributed by atoms with Crippen molar-refractivity contribution in [3.63, 3.8) is 0 Å². The Kier molecular flexibility index (Phi) is 7.66. The number of carboxylic acid groups (broad SMARTS) is 1. The first-order chi connectivity index (χ1) is 11.2. The molecule has 7 nitrogen and oxygen atoms in total. The summed E-state index contributed by atoms with van der Waals surface area (Å²) in [4.78, 5) is 38.0. The minimum Gasteiger partial charge on any atom is -0.480 e. The molecule has 0 saturated carbocycles. The van der Waals surface area contributed by atoms with Crippen molar-refractivity contribution in [1.82, 2.24) is 10.2 Å². The van der Waals surface area contributed by atoms with Gasteiger partial charge in [0, 0.05) is 6.54 Å². The number of carboxylic acids is 1. The molecular formula is C17H31N3O4. The van der Waals surface area contributed by atoms with Gasteiger partial charge in [-0.1, -0.05) is 40.5 Å². The molecule has 4 N–H and O–H groups in total. The van der Waals surface area contributed by atoms with Crippen LogP contribution in [0.1, 0.15) is 53.4 Å². The van der Waals surface area contributed by atoms with Crippen molar-refractivity contribution >= 4 is 17.8 Å². The molecule has 5 atom stereocenters. The average Bonchev–Trinajstić information content (AvgIpc) is 3.06. The Morgan fingerprint density at radius 1 is 1.21 bits per heavy atom. The van der Waals surface area contributed by atoms with E-state index in [2.05, 4.69) is 5.32 Å². The molecular weight excluding hydrogens is 310 g/mol. The van der Waals surface area contributed by atoms with Crippen LogP contribution < -0.4 is 11.1 Å². The molecule has 0 bridgehead atoms. The number of aliphatic carboxylic acids is 1. The molecule has 1 rings (SSSR count). The second-order valence-electron chi connectivity index (χ2n) is 6.81. The lowest BCUT2D eigenvalue weighted by molar-refractivity contribution is -0.150. The van der Waals surface area contributed by atoms with Gasteiger partial charge in [-0.15, -0.1) is 0 Å². The van der Waals surface area contributed by atoms with Crippen LogP contribution >= 0.6 is 0 Å². The highest BCUT2D eigenvalue weighted by Crippen LogP contribution is 2.21. The summed E-state index contributed by atoms with van der Waals surface area (Å²) in [5.41, 5.74) is 5.96. The molecule has 1 aliphatic heterocycles. The van der Waals surface area contributed by atoms with E-state index in [1.54, 1.807) is 0 Å². The molecule has 0 aromatic rings. The number of rotatable bonds is 8. The molecule has 0 aliphatic carbocycles. The Labute approximate surface area is 144 Å². The van der Waals surface area contributed by atoms with Crippen LogP contribution in [0.3, 0.4) is 0 Å². The molecule has 1 aliphatic rings. The predicted molar refractivity (Wildman–Crippen MR) is 91.2 cm³/mol. The summed E-state index contributed by atoms with van der Waals surface area (Å²) >= 11 is 0. The largest absolute Gasteiger partial charge is 0.480 e. The summed E-state index contributed by atoms with van der Waals surface area (Å²) in [6.45, 7) is 8.08. The van der Waals surface area contributed by atoms with Crippen LogP contribution in [-0.2, 0) is 14.4 Å². The highest BCUT2D eigenvalue weighted by atomic mass is 16.4. The molecule has 0 spiro atoms. The van der Waals surface area contributed by atoms with Crippen molar-refractivity contribution in [2.24, 2.45) is 17.6 Å². The van der Waals surface area contributed by atoms with Crippen molar-refractivity contribution in [2.45, 2.75) is 71.5 Å². The number of carbonyl (C=O) groups excluding carboxylic acids is 2. The Bertz CT molecular complexity index is 469. The lowest BCUT2D eigenvalue weighted by Gasteiger charge is -2.31. The smallest absolute Gasteiger partial charge is 0.326 e. The first-order valence-electron chi connectivity index (χ1n) is 8.83. The number of carbonyl (C=O) groups is 3. The van der Waals surface area contributed by atoms with Gasteiger partial charge in [-0.3, -0.25) is 9.59 Å². The SMILES string of the molecule is CCC(C)C(N)C(=O)NC(C(=O)N1CCCC1C(=O)O)C(C)CC. The van der Waals surface area contributed by atoms with Gasteiger partial charge in [0.05, 0.1) is 6.04 Å². The molecule has 0 aromatic carbocycles. The summed E-state index contributed by atoms with van der Waals surface area (Å²) < 4.78 is 0. The minimum absolute atomic E-state index is 0.0104. The second kappa shape index (κ2) is 9.01. The Balaban J connectivity index is 2.91. The number of nitrogens with one attached hydrogen (secondary N) is 1. The zero-order chi connectivity index (χ0) is 18.4. The summed E-state index contributed by atoms with van der Waals surface area (Å²) in [7, 11) is 0. The van der Waals surface area contributed by atoms with Gasteiger partial charge in [-0.05, 0) is 24.7 Å². The van der Waals surface area contributed by atoms with Crippen LogP contribution in [-0.4, -0.2) is 52.5 Å². The molecule has 1 heterocycles. The molecule has 0 aromatic heterocycles.